The SMILES string of the molecule is COc1ccc(F)c(CN(C)C(C)c2c(C)n[nH]c2C)c1Cl. The molecule has 22 heavy (non-hydrogen) atoms. The van der Waals surface area contributed by atoms with Crippen LogP contribution in [-0.4, -0.2) is 29.3 Å². The molecule has 4 nitrogen and oxygen atoms in total. The molecule has 1 heterocycles. The molecule has 0 saturated heterocycles. The number of rotatable bonds is 5. The van der Waals surface area contributed by atoms with Crippen molar-refractivity contribution in [3.63, 3.8) is 0 Å². The molecule has 0 saturated carbocycles. The minimum absolute atomic E-state index is 0.0837. The highest BCUT2D eigenvalue weighted by Crippen LogP contribution is 2.33. The van der Waals surface area contributed by atoms with Crippen molar-refractivity contribution in [2.75, 3.05) is 14.2 Å². The lowest BCUT2D eigenvalue weighted by molar-refractivity contribution is 0.248. The summed E-state index contributed by atoms with van der Waals surface area (Å²) in [6.45, 7) is 6.39. The van der Waals surface area contributed by atoms with E-state index in [1.54, 1.807) is 0 Å². The maximum absolute atomic E-state index is 14.1. The van der Waals surface area contributed by atoms with Gasteiger partial charge in [0.2, 0.25) is 0 Å². The van der Waals surface area contributed by atoms with E-state index in [4.69, 9.17) is 16.3 Å². The summed E-state index contributed by atoms with van der Waals surface area (Å²) in [5.74, 6) is 0.153. The quantitative estimate of drug-likeness (QED) is 0.902. The predicted octanol–water partition coefficient (Wildman–Crippen LogP) is 4.02. The molecule has 1 unspecified atom stereocenters. The van der Waals surface area contributed by atoms with E-state index in [1.807, 2.05) is 25.8 Å². The lowest BCUT2D eigenvalue weighted by atomic mass is 10.0. The Hall–Kier alpha value is -1.59. The summed E-state index contributed by atoms with van der Waals surface area (Å²) in [6.07, 6.45) is 0. The Morgan fingerprint density at radius 2 is 2.09 bits per heavy atom. The normalized spacial score (nSPS) is 12.7. The minimum atomic E-state index is -0.328. The average Bonchev–Trinajstić information content (AvgIpc) is 2.81. The number of hydrogen-bond donors (Lipinski definition) is 1. The van der Waals surface area contributed by atoms with E-state index in [1.165, 1.54) is 19.2 Å². The van der Waals surface area contributed by atoms with Gasteiger partial charge in [0.1, 0.15) is 11.6 Å². The van der Waals surface area contributed by atoms with Gasteiger partial charge in [-0.3, -0.25) is 10.00 Å². The number of nitrogens with one attached hydrogen (secondary N) is 1. The monoisotopic (exact) mass is 325 g/mol. The number of H-pyrrole nitrogens is 1. The number of halogens is 2. The molecule has 6 heteroatoms. The molecule has 0 aliphatic heterocycles. The summed E-state index contributed by atoms with van der Waals surface area (Å²) < 4.78 is 19.3. The highest BCUT2D eigenvalue weighted by atomic mass is 35.5. The van der Waals surface area contributed by atoms with Crippen LogP contribution in [0.1, 0.15) is 35.5 Å². The van der Waals surface area contributed by atoms with E-state index < -0.39 is 0 Å². The number of ether oxygens (including phenoxy) is 1. The Kier molecular flexibility index (Phi) is 5.08. The highest BCUT2D eigenvalue weighted by molar-refractivity contribution is 6.32. The largest absolute Gasteiger partial charge is 0.495 e. The van der Waals surface area contributed by atoms with Gasteiger partial charge in [0.25, 0.3) is 0 Å². The summed E-state index contributed by atoms with van der Waals surface area (Å²) in [6, 6.07) is 3.00. The zero-order valence-corrected chi connectivity index (χ0v) is 14.3. The number of hydrogen-bond acceptors (Lipinski definition) is 3. The fraction of sp³-hybridized carbons (Fsp3) is 0.438. The molecule has 0 aliphatic rings. The van der Waals surface area contributed by atoms with E-state index >= 15 is 0 Å². The molecule has 2 aromatic rings. The maximum Gasteiger partial charge on any atom is 0.137 e. The zero-order chi connectivity index (χ0) is 16.4. The number of aryl methyl sites for hydroxylation is 2. The van der Waals surface area contributed by atoms with E-state index in [-0.39, 0.29) is 11.9 Å². The molecule has 0 radical (unpaired) electrons. The van der Waals surface area contributed by atoms with E-state index in [0.29, 0.717) is 22.9 Å². The molecule has 1 aromatic carbocycles. The number of benzene rings is 1. The van der Waals surface area contributed by atoms with Crippen LogP contribution in [0.5, 0.6) is 5.75 Å². The molecular weight excluding hydrogens is 305 g/mol. The third-order valence-electron chi connectivity index (χ3n) is 4.04. The number of aromatic amines is 1. The van der Waals surface area contributed by atoms with Crippen molar-refractivity contribution in [3.8, 4) is 5.75 Å². The molecule has 0 aliphatic carbocycles. The van der Waals surface area contributed by atoms with Gasteiger partial charge in [0.05, 0.1) is 17.8 Å². The van der Waals surface area contributed by atoms with Crippen molar-refractivity contribution in [1.82, 2.24) is 15.1 Å². The third kappa shape index (κ3) is 3.10. The fourth-order valence-electron chi connectivity index (χ4n) is 2.66. The Labute approximate surface area is 135 Å². The van der Waals surface area contributed by atoms with Crippen LogP contribution in [0, 0.1) is 19.7 Å². The van der Waals surface area contributed by atoms with E-state index in [0.717, 1.165) is 17.0 Å². The topological polar surface area (TPSA) is 41.1 Å². The Bertz CT molecular complexity index is 652. The van der Waals surface area contributed by atoms with Gasteiger partial charge in [0.15, 0.2) is 0 Å². The van der Waals surface area contributed by atoms with Gasteiger partial charge in [-0.15, -0.1) is 0 Å². The first-order valence-electron chi connectivity index (χ1n) is 7.09. The fourth-order valence-corrected chi connectivity index (χ4v) is 2.95. The van der Waals surface area contributed by atoms with Crippen molar-refractivity contribution in [3.05, 3.63) is 45.5 Å². The van der Waals surface area contributed by atoms with Crippen LogP contribution in [0.4, 0.5) is 4.39 Å². The molecule has 1 atom stereocenters. The standard InChI is InChI=1S/C16H21ClFN3O/c1-9-15(10(2)20-19-9)11(3)21(4)8-12-13(18)6-7-14(22-5)16(12)17/h6-7,11H,8H2,1-5H3,(H,19,20). The van der Waals surface area contributed by atoms with Crippen molar-refractivity contribution in [2.45, 2.75) is 33.4 Å². The van der Waals surface area contributed by atoms with Crippen LogP contribution in [0.3, 0.4) is 0 Å². The zero-order valence-electron chi connectivity index (χ0n) is 13.5. The second-order valence-electron chi connectivity index (χ2n) is 5.48. The second kappa shape index (κ2) is 6.67. The number of aromatic nitrogens is 2. The molecule has 0 spiro atoms. The first-order chi connectivity index (χ1) is 10.4. The Morgan fingerprint density at radius 1 is 1.41 bits per heavy atom. The van der Waals surface area contributed by atoms with Crippen LogP contribution < -0.4 is 4.74 Å². The van der Waals surface area contributed by atoms with Crippen LogP contribution in [-0.2, 0) is 6.54 Å². The molecule has 2 rings (SSSR count). The first kappa shape index (κ1) is 16.8. The summed E-state index contributed by atoms with van der Waals surface area (Å²) >= 11 is 6.24. The third-order valence-corrected chi connectivity index (χ3v) is 4.46. The molecule has 0 amide bonds. The van der Waals surface area contributed by atoms with Crippen LogP contribution in [0.25, 0.3) is 0 Å². The Balaban J connectivity index is 2.27. The van der Waals surface area contributed by atoms with Crippen molar-refractivity contribution >= 4 is 11.6 Å². The van der Waals surface area contributed by atoms with Gasteiger partial charge in [-0.1, -0.05) is 11.6 Å². The van der Waals surface area contributed by atoms with Gasteiger partial charge in [-0.25, -0.2) is 4.39 Å². The van der Waals surface area contributed by atoms with Gasteiger partial charge in [-0.05, 0) is 40.0 Å². The first-order valence-corrected chi connectivity index (χ1v) is 7.47. The molecule has 0 bridgehead atoms. The average molecular weight is 326 g/mol. The lowest BCUT2D eigenvalue weighted by Crippen LogP contribution is -2.23. The maximum atomic E-state index is 14.1. The number of nitrogens with zero attached hydrogens (tertiary/aromatic N) is 2. The molecular formula is C16H21ClFN3O. The molecule has 1 aromatic heterocycles. The summed E-state index contributed by atoms with van der Waals surface area (Å²) in [5.41, 5.74) is 3.54. The van der Waals surface area contributed by atoms with Gasteiger partial charge in [0, 0.05) is 29.4 Å². The second-order valence-corrected chi connectivity index (χ2v) is 5.86. The highest BCUT2D eigenvalue weighted by Gasteiger charge is 2.21. The predicted molar refractivity (Wildman–Crippen MR) is 85.9 cm³/mol. The van der Waals surface area contributed by atoms with Crippen LogP contribution in [0.15, 0.2) is 12.1 Å². The number of methoxy groups -OCH3 is 1. The Morgan fingerprint density at radius 3 is 2.64 bits per heavy atom. The van der Waals surface area contributed by atoms with Gasteiger partial charge >= 0.3 is 0 Å². The van der Waals surface area contributed by atoms with Crippen LogP contribution >= 0.6 is 11.6 Å². The molecule has 120 valence electrons. The van der Waals surface area contributed by atoms with Crippen molar-refractivity contribution in [1.29, 1.82) is 0 Å². The van der Waals surface area contributed by atoms with E-state index in [2.05, 4.69) is 17.1 Å². The smallest absolute Gasteiger partial charge is 0.137 e. The minimum Gasteiger partial charge on any atom is -0.495 e. The lowest BCUT2D eigenvalue weighted by Gasteiger charge is -2.26. The van der Waals surface area contributed by atoms with Crippen molar-refractivity contribution in [2.24, 2.45) is 0 Å². The molecule has 1 N–H and O–H groups in total. The van der Waals surface area contributed by atoms with Gasteiger partial charge < -0.3 is 4.74 Å². The summed E-state index contributed by atoms with van der Waals surface area (Å²) in [7, 11) is 3.46. The summed E-state index contributed by atoms with van der Waals surface area (Å²) in [4.78, 5) is 2.04. The van der Waals surface area contributed by atoms with Crippen molar-refractivity contribution < 1.29 is 9.13 Å². The summed E-state index contributed by atoms with van der Waals surface area (Å²) in [5, 5.41) is 7.52. The van der Waals surface area contributed by atoms with Gasteiger partial charge in [-0.2, -0.15) is 5.10 Å². The molecule has 0 fully saturated rings. The van der Waals surface area contributed by atoms with Crippen LogP contribution in [0.2, 0.25) is 5.02 Å². The van der Waals surface area contributed by atoms with E-state index in [9.17, 15) is 4.39 Å².